The molecule has 0 spiro atoms. The summed E-state index contributed by atoms with van der Waals surface area (Å²) in [5.41, 5.74) is 4.58. The quantitative estimate of drug-likeness (QED) is 0.644. The van der Waals surface area contributed by atoms with Crippen molar-refractivity contribution in [2.45, 2.75) is 63.6 Å². The molecule has 1 N–H and O–H groups in total. The van der Waals surface area contributed by atoms with Gasteiger partial charge in [-0.15, -0.1) is 13.2 Å². The standard InChI is InChI=1S/C26H28F3N3O3/c27-26(28,29)35-22-3-1-2-17(12-22)14-31-10-8-18(9-11-31)19-4-5-20-15-32(16-21(20)13-19)23-6-7-24(33)30-25(23)34/h1-5,12-13,18,23H,6-11,14-16H2,(H,30,33,34). The van der Waals surface area contributed by atoms with E-state index in [1.807, 2.05) is 6.07 Å². The number of imide groups is 1. The molecule has 0 saturated carbocycles. The van der Waals surface area contributed by atoms with Gasteiger partial charge in [-0.1, -0.05) is 30.3 Å². The first kappa shape index (κ1) is 23.8. The number of carbonyl (C=O) groups excluding carboxylic acids is 2. The predicted octanol–water partition coefficient (Wildman–Crippen LogP) is 4.09. The van der Waals surface area contributed by atoms with Crippen LogP contribution in [0.1, 0.15) is 53.9 Å². The Hall–Kier alpha value is -2.91. The summed E-state index contributed by atoms with van der Waals surface area (Å²) in [4.78, 5) is 28.1. The number of piperidine rings is 2. The van der Waals surface area contributed by atoms with Gasteiger partial charge in [-0.25, -0.2) is 0 Å². The molecule has 186 valence electrons. The summed E-state index contributed by atoms with van der Waals surface area (Å²) in [5, 5.41) is 2.45. The van der Waals surface area contributed by atoms with Gasteiger partial charge in [0.1, 0.15) is 5.75 Å². The first-order valence-electron chi connectivity index (χ1n) is 12.0. The van der Waals surface area contributed by atoms with E-state index in [0.717, 1.165) is 38.0 Å². The van der Waals surface area contributed by atoms with Crippen LogP contribution in [0.25, 0.3) is 0 Å². The lowest BCUT2D eigenvalue weighted by atomic mass is 9.88. The van der Waals surface area contributed by atoms with E-state index in [9.17, 15) is 22.8 Å². The first-order chi connectivity index (χ1) is 16.7. The smallest absolute Gasteiger partial charge is 0.406 e. The number of fused-ring (bicyclic) bond motifs is 1. The molecule has 2 amide bonds. The van der Waals surface area contributed by atoms with E-state index in [1.165, 1.54) is 28.8 Å². The lowest BCUT2D eigenvalue weighted by Gasteiger charge is -2.32. The minimum atomic E-state index is -4.69. The van der Waals surface area contributed by atoms with Crippen LogP contribution in [0.5, 0.6) is 5.75 Å². The van der Waals surface area contributed by atoms with Crippen molar-refractivity contribution in [1.29, 1.82) is 0 Å². The number of hydrogen-bond donors (Lipinski definition) is 1. The molecule has 9 heteroatoms. The number of carbonyl (C=O) groups is 2. The van der Waals surface area contributed by atoms with Gasteiger partial charge in [0.25, 0.3) is 0 Å². The highest BCUT2D eigenvalue weighted by Crippen LogP contribution is 2.34. The van der Waals surface area contributed by atoms with Gasteiger partial charge in [-0.3, -0.25) is 24.7 Å². The average molecular weight is 488 g/mol. The van der Waals surface area contributed by atoms with E-state index in [2.05, 4.69) is 38.1 Å². The molecule has 3 aliphatic heterocycles. The fourth-order valence-corrected chi connectivity index (χ4v) is 5.47. The number of nitrogens with zero attached hydrogens (tertiary/aromatic N) is 2. The zero-order chi connectivity index (χ0) is 24.6. The van der Waals surface area contributed by atoms with Crippen molar-refractivity contribution >= 4 is 11.8 Å². The van der Waals surface area contributed by atoms with Gasteiger partial charge >= 0.3 is 6.36 Å². The number of amides is 2. The van der Waals surface area contributed by atoms with Gasteiger partial charge < -0.3 is 4.74 Å². The van der Waals surface area contributed by atoms with E-state index >= 15 is 0 Å². The molecule has 3 heterocycles. The molecule has 0 bridgehead atoms. The minimum Gasteiger partial charge on any atom is -0.406 e. The third kappa shape index (κ3) is 5.67. The van der Waals surface area contributed by atoms with Crippen LogP contribution < -0.4 is 10.1 Å². The van der Waals surface area contributed by atoms with Crippen molar-refractivity contribution < 1.29 is 27.5 Å². The van der Waals surface area contributed by atoms with Crippen molar-refractivity contribution in [2.24, 2.45) is 0 Å². The Morgan fingerprint density at radius 3 is 2.49 bits per heavy atom. The molecule has 1 unspecified atom stereocenters. The van der Waals surface area contributed by atoms with Crippen LogP contribution in [0.2, 0.25) is 0 Å². The minimum absolute atomic E-state index is 0.186. The zero-order valence-electron chi connectivity index (χ0n) is 19.3. The Balaban J connectivity index is 1.16. The maximum atomic E-state index is 12.5. The molecule has 5 rings (SSSR count). The molecule has 2 fully saturated rings. The second-order valence-electron chi connectivity index (χ2n) is 9.65. The van der Waals surface area contributed by atoms with Crippen LogP contribution in [0.3, 0.4) is 0 Å². The molecule has 0 radical (unpaired) electrons. The van der Waals surface area contributed by atoms with Crippen LogP contribution in [0.4, 0.5) is 13.2 Å². The number of halogens is 3. The normalized spacial score (nSPS) is 22.2. The molecular formula is C26H28F3N3O3. The Morgan fingerprint density at radius 1 is 0.971 bits per heavy atom. The van der Waals surface area contributed by atoms with E-state index in [4.69, 9.17) is 0 Å². The summed E-state index contributed by atoms with van der Waals surface area (Å²) in [6, 6.07) is 12.5. The van der Waals surface area contributed by atoms with Crippen molar-refractivity contribution in [3.8, 4) is 5.75 Å². The van der Waals surface area contributed by atoms with Crippen LogP contribution in [-0.4, -0.2) is 47.1 Å². The molecule has 35 heavy (non-hydrogen) atoms. The molecule has 6 nitrogen and oxygen atoms in total. The number of ether oxygens (including phenoxy) is 1. The molecule has 2 saturated heterocycles. The number of rotatable bonds is 5. The summed E-state index contributed by atoms with van der Waals surface area (Å²) < 4.78 is 41.5. The van der Waals surface area contributed by atoms with Crippen LogP contribution in [-0.2, 0) is 29.2 Å². The monoisotopic (exact) mass is 487 g/mol. The molecule has 2 aromatic carbocycles. The topological polar surface area (TPSA) is 61.9 Å². The van der Waals surface area contributed by atoms with Gasteiger partial charge in [0, 0.05) is 26.1 Å². The summed E-state index contributed by atoms with van der Waals surface area (Å²) in [5.74, 6) is -0.147. The van der Waals surface area contributed by atoms with Gasteiger partial charge in [0.05, 0.1) is 6.04 Å². The maximum absolute atomic E-state index is 12.5. The summed E-state index contributed by atoms with van der Waals surface area (Å²) in [6.45, 7) is 3.76. The van der Waals surface area contributed by atoms with E-state index in [1.54, 1.807) is 6.07 Å². The molecule has 3 aliphatic rings. The number of hydrogen-bond acceptors (Lipinski definition) is 5. The zero-order valence-corrected chi connectivity index (χ0v) is 19.3. The van der Waals surface area contributed by atoms with Crippen molar-refractivity contribution in [1.82, 2.24) is 15.1 Å². The summed E-state index contributed by atoms with van der Waals surface area (Å²) in [6.07, 6.45) is -1.78. The molecule has 2 aromatic rings. The Bertz CT molecular complexity index is 1110. The molecular weight excluding hydrogens is 459 g/mol. The number of alkyl halides is 3. The second-order valence-corrected chi connectivity index (χ2v) is 9.65. The molecule has 0 aromatic heterocycles. The number of likely N-dealkylation sites (tertiary alicyclic amines) is 1. The molecule has 1 atom stereocenters. The van der Waals surface area contributed by atoms with Gasteiger partial charge in [0.15, 0.2) is 0 Å². The van der Waals surface area contributed by atoms with E-state index in [0.29, 0.717) is 31.8 Å². The maximum Gasteiger partial charge on any atom is 0.573 e. The highest BCUT2D eigenvalue weighted by molar-refractivity contribution is 6.00. The van der Waals surface area contributed by atoms with Gasteiger partial charge in [0.2, 0.25) is 11.8 Å². The highest BCUT2D eigenvalue weighted by Gasteiger charge is 2.35. The van der Waals surface area contributed by atoms with Crippen molar-refractivity contribution in [3.05, 3.63) is 64.7 Å². The van der Waals surface area contributed by atoms with E-state index < -0.39 is 6.36 Å². The fourth-order valence-electron chi connectivity index (χ4n) is 5.47. The average Bonchev–Trinajstić information content (AvgIpc) is 3.22. The lowest BCUT2D eigenvalue weighted by Crippen LogP contribution is -2.50. The first-order valence-corrected chi connectivity index (χ1v) is 12.0. The van der Waals surface area contributed by atoms with Crippen LogP contribution in [0, 0.1) is 0 Å². The Morgan fingerprint density at radius 2 is 1.74 bits per heavy atom. The number of benzene rings is 2. The third-order valence-electron chi connectivity index (χ3n) is 7.23. The third-order valence-corrected chi connectivity index (χ3v) is 7.23. The Labute approximate surface area is 202 Å². The predicted molar refractivity (Wildman–Crippen MR) is 122 cm³/mol. The summed E-state index contributed by atoms with van der Waals surface area (Å²) in [7, 11) is 0. The van der Waals surface area contributed by atoms with Crippen LogP contribution >= 0.6 is 0 Å². The SMILES string of the molecule is O=C1CCC(N2Cc3ccc(C4CCN(Cc5cccc(OC(F)(F)F)c5)CC4)cc3C2)C(=O)N1. The summed E-state index contributed by atoms with van der Waals surface area (Å²) >= 11 is 0. The van der Waals surface area contributed by atoms with Gasteiger partial charge in [-0.05, 0) is 72.7 Å². The van der Waals surface area contributed by atoms with Crippen molar-refractivity contribution in [3.63, 3.8) is 0 Å². The van der Waals surface area contributed by atoms with Gasteiger partial charge in [-0.2, -0.15) is 0 Å². The van der Waals surface area contributed by atoms with E-state index in [-0.39, 0.29) is 23.6 Å². The van der Waals surface area contributed by atoms with Crippen molar-refractivity contribution in [2.75, 3.05) is 13.1 Å². The largest absolute Gasteiger partial charge is 0.573 e. The Kier molecular flexibility index (Phi) is 6.55. The lowest BCUT2D eigenvalue weighted by molar-refractivity contribution is -0.274. The highest BCUT2D eigenvalue weighted by atomic mass is 19.4. The fraction of sp³-hybridized carbons (Fsp3) is 0.462. The second kappa shape index (κ2) is 9.62. The molecule has 0 aliphatic carbocycles. The van der Waals surface area contributed by atoms with Crippen LogP contribution in [0.15, 0.2) is 42.5 Å². The number of nitrogens with one attached hydrogen (secondary N) is 1.